The Balaban J connectivity index is 2.78. The number of aryl methyl sites for hydroxylation is 1. The highest BCUT2D eigenvalue weighted by atomic mass is 16.5. The zero-order chi connectivity index (χ0) is 11.8. The molecule has 1 aromatic carbocycles. The smallest absolute Gasteiger partial charge is 0.150 e. The van der Waals surface area contributed by atoms with Crippen LogP contribution in [0.1, 0.15) is 49.0 Å². The Labute approximate surface area is 97.6 Å². The molecule has 2 nitrogen and oxygen atoms in total. The largest absolute Gasteiger partial charge is 0.494 e. The van der Waals surface area contributed by atoms with Crippen LogP contribution in [0.2, 0.25) is 0 Å². The number of aldehydes is 1. The summed E-state index contributed by atoms with van der Waals surface area (Å²) in [5.74, 6) is 0.874. The third kappa shape index (κ3) is 3.69. The average Bonchev–Trinajstić information content (AvgIpc) is 2.33. The molecule has 0 N–H and O–H groups in total. The molecule has 0 bridgehead atoms. The second kappa shape index (κ2) is 7.04. The lowest BCUT2D eigenvalue weighted by molar-refractivity contribution is 0.112. The number of unbranched alkanes of at least 4 members (excludes halogenated alkanes) is 1. The quantitative estimate of drug-likeness (QED) is 0.656. The molecule has 16 heavy (non-hydrogen) atoms. The number of carbonyl (C=O) groups excluding carboxylic acids is 1. The molecule has 0 saturated heterocycles. The van der Waals surface area contributed by atoms with Gasteiger partial charge in [-0.25, -0.2) is 0 Å². The van der Waals surface area contributed by atoms with Gasteiger partial charge in [0.05, 0.1) is 6.61 Å². The number of rotatable bonds is 7. The Morgan fingerprint density at radius 2 is 2.06 bits per heavy atom. The molecule has 0 aliphatic heterocycles. The van der Waals surface area contributed by atoms with Crippen molar-refractivity contribution in [3.8, 4) is 5.75 Å². The van der Waals surface area contributed by atoms with Gasteiger partial charge in [-0.3, -0.25) is 4.79 Å². The van der Waals surface area contributed by atoms with Gasteiger partial charge >= 0.3 is 0 Å². The van der Waals surface area contributed by atoms with Gasteiger partial charge in [-0.1, -0.05) is 20.3 Å². The monoisotopic (exact) mass is 220 g/mol. The fraction of sp³-hybridized carbons (Fsp3) is 0.500. The highest BCUT2D eigenvalue weighted by Gasteiger charge is 2.03. The van der Waals surface area contributed by atoms with E-state index in [-0.39, 0.29) is 0 Å². The third-order valence-electron chi connectivity index (χ3n) is 2.51. The molecule has 1 rings (SSSR count). The molecule has 0 atom stereocenters. The first-order chi connectivity index (χ1) is 7.81. The van der Waals surface area contributed by atoms with Crippen molar-refractivity contribution in [1.82, 2.24) is 0 Å². The molecule has 0 radical (unpaired) electrons. The van der Waals surface area contributed by atoms with Crippen LogP contribution in [-0.4, -0.2) is 12.9 Å². The molecule has 0 spiro atoms. The number of hydrogen-bond acceptors (Lipinski definition) is 2. The van der Waals surface area contributed by atoms with Gasteiger partial charge < -0.3 is 4.74 Å². The average molecular weight is 220 g/mol. The van der Waals surface area contributed by atoms with E-state index < -0.39 is 0 Å². The summed E-state index contributed by atoms with van der Waals surface area (Å²) in [7, 11) is 0. The van der Waals surface area contributed by atoms with E-state index in [0.29, 0.717) is 0 Å². The van der Waals surface area contributed by atoms with Crippen molar-refractivity contribution >= 4 is 6.29 Å². The van der Waals surface area contributed by atoms with Crippen LogP contribution < -0.4 is 4.74 Å². The summed E-state index contributed by atoms with van der Waals surface area (Å²) in [6, 6.07) is 5.72. The molecule has 88 valence electrons. The van der Waals surface area contributed by atoms with E-state index in [0.717, 1.165) is 55.5 Å². The minimum atomic E-state index is 0.730. The maximum atomic E-state index is 10.9. The Bertz CT molecular complexity index is 332. The summed E-state index contributed by atoms with van der Waals surface area (Å²) in [5, 5.41) is 0. The topological polar surface area (TPSA) is 26.3 Å². The molecule has 0 unspecified atom stereocenters. The lowest BCUT2D eigenvalue weighted by Gasteiger charge is -2.09. The first-order valence-electron chi connectivity index (χ1n) is 6.02. The van der Waals surface area contributed by atoms with E-state index >= 15 is 0 Å². The number of carbonyl (C=O) groups is 1. The standard InChI is InChI=1S/C14H20O2/c1-3-5-6-12-10-14(16-9-4-2)8-7-13(12)11-15/h7-8,10-11H,3-6,9H2,1-2H3. The summed E-state index contributed by atoms with van der Waals surface area (Å²) in [5.41, 5.74) is 1.89. The van der Waals surface area contributed by atoms with Crippen molar-refractivity contribution in [1.29, 1.82) is 0 Å². The van der Waals surface area contributed by atoms with Crippen molar-refractivity contribution in [2.24, 2.45) is 0 Å². The summed E-state index contributed by atoms with van der Waals surface area (Å²) < 4.78 is 5.56. The van der Waals surface area contributed by atoms with Crippen LogP contribution >= 0.6 is 0 Å². The van der Waals surface area contributed by atoms with Gasteiger partial charge in [-0.05, 0) is 43.0 Å². The van der Waals surface area contributed by atoms with E-state index in [4.69, 9.17) is 4.74 Å². The minimum absolute atomic E-state index is 0.730. The van der Waals surface area contributed by atoms with E-state index in [1.165, 1.54) is 0 Å². The van der Waals surface area contributed by atoms with Crippen molar-refractivity contribution in [2.45, 2.75) is 39.5 Å². The Morgan fingerprint density at radius 3 is 2.69 bits per heavy atom. The lowest BCUT2D eigenvalue weighted by atomic mass is 10.0. The van der Waals surface area contributed by atoms with Gasteiger partial charge in [0.25, 0.3) is 0 Å². The van der Waals surface area contributed by atoms with Crippen molar-refractivity contribution in [3.63, 3.8) is 0 Å². The molecule has 0 heterocycles. The van der Waals surface area contributed by atoms with Crippen LogP contribution in [-0.2, 0) is 6.42 Å². The summed E-state index contributed by atoms with van der Waals surface area (Å²) in [6.45, 7) is 4.96. The summed E-state index contributed by atoms with van der Waals surface area (Å²) >= 11 is 0. The predicted molar refractivity (Wildman–Crippen MR) is 66.2 cm³/mol. The summed E-state index contributed by atoms with van der Waals surface area (Å²) in [6.07, 6.45) is 5.12. The Morgan fingerprint density at radius 1 is 1.25 bits per heavy atom. The number of ether oxygens (including phenoxy) is 1. The highest BCUT2D eigenvalue weighted by Crippen LogP contribution is 2.19. The van der Waals surface area contributed by atoms with Crippen molar-refractivity contribution in [3.05, 3.63) is 29.3 Å². The molecule has 0 aromatic heterocycles. The van der Waals surface area contributed by atoms with Gasteiger partial charge in [0, 0.05) is 5.56 Å². The molecular weight excluding hydrogens is 200 g/mol. The van der Waals surface area contributed by atoms with Gasteiger partial charge in [0.15, 0.2) is 0 Å². The van der Waals surface area contributed by atoms with Crippen LogP contribution in [0.5, 0.6) is 5.75 Å². The number of hydrogen-bond donors (Lipinski definition) is 0. The fourth-order valence-electron chi connectivity index (χ4n) is 1.59. The normalized spacial score (nSPS) is 10.1. The van der Waals surface area contributed by atoms with E-state index in [1.54, 1.807) is 0 Å². The third-order valence-corrected chi connectivity index (χ3v) is 2.51. The molecule has 0 aliphatic rings. The van der Waals surface area contributed by atoms with Crippen LogP contribution in [0.15, 0.2) is 18.2 Å². The van der Waals surface area contributed by atoms with Gasteiger partial charge in [0.1, 0.15) is 12.0 Å². The molecule has 2 heteroatoms. The fourth-order valence-corrected chi connectivity index (χ4v) is 1.59. The molecular formula is C14H20O2. The summed E-state index contributed by atoms with van der Waals surface area (Å²) in [4.78, 5) is 10.9. The van der Waals surface area contributed by atoms with Gasteiger partial charge in [0.2, 0.25) is 0 Å². The molecule has 0 amide bonds. The molecule has 0 fully saturated rings. The lowest BCUT2D eigenvalue weighted by Crippen LogP contribution is -1.98. The Hall–Kier alpha value is -1.31. The second-order valence-corrected chi connectivity index (χ2v) is 3.93. The second-order valence-electron chi connectivity index (χ2n) is 3.93. The zero-order valence-electron chi connectivity index (χ0n) is 10.2. The Kier molecular flexibility index (Phi) is 5.62. The minimum Gasteiger partial charge on any atom is -0.494 e. The van der Waals surface area contributed by atoms with E-state index in [1.807, 2.05) is 18.2 Å². The van der Waals surface area contributed by atoms with E-state index in [2.05, 4.69) is 13.8 Å². The maximum Gasteiger partial charge on any atom is 0.150 e. The molecule has 1 aromatic rings. The van der Waals surface area contributed by atoms with Crippen molar-refractivity contribution in [2.75, 3.05) is 6.61 Å². The number of benzene rings is 1. The van der Waals surface area contributed by atoms with Crippen LogP contribution in [0.4, 0.5) is 0 Å². The van der Waals surface area contributed by atoms with E-state index in [9.17, 15) is 4.79 Å². The maximum absolute atomic E-state index is 10.9. The van der Waals surface area contributed by atoms with Crippen LogP contribution in [0.3, 0.4) is 0 Å². The predicted octanol–water partition coefficient (Wildman–Crippen LogP) is 3.63. The van der Waals surface area contributed by atoms with Crippen LogP contribution in [0, 0.1) is 0 Å². The van der Waals surface area contributed by atoms with Crippen LogP contribution in [0.25, 0.3) is 0 Å². The first kappa shape index (κ1) is 12.8. The van der Waals surface area contributed by atoms with Gasteiger partial charge in [-0.2, -0.15) is 0 Å². The SMILES string of the molecule is CCCCc1cc(OCCC)ccc1C=O. The zero-order valence-corrected chi connectivity index (χ0v) is 10.2. The highest BCUT2D eigenvalue weighted by molar-refractivity contribution is 5.77. The molecule has 0 saturated carbocycles. The van der Waals surface area contributed by atoms with Gasteiger partial charge in [-0.15, -0.1) is 0 Å². The first-order valence-corrected chi connectivity index (χ1v) is 6.02. The van der Waals surface area contributed by atoms with Crippen molar-refractivity contribution < 1.29 is 9.53 Å². The molecule has 0 aliphatic carbocycles.